The molecular weight excluding hydrogens is 344 g/mol. The summed E-state index contributed by atoms with van der Waals surface area (Å²) in [7, 11) is 0. The van der Waals surface area contributed by atoms with E-state index < -0.39 is 5.54 Å². The number of nitrogens with one attached hydrogen (secondary N) is 2. The maximum atomic E-state index is 12.6. The summed E-state index contributed by atoms with van der Waals surface area (Å²) in [6.45, 7) is 7.47. The van der Waals surface area contributed by atoms with Gasteiger partial charge in [-0.25, -0.2) is 4.79 Å². The number of nitrogens with zero attached hydrogens (tertiary/aromatic N) is 2. The Hall–Kier alpha value is -1.63. The van der Waals surface area contributed by atoms with Gasteiger partial charge in [0.2, 0.25) is 5.91 Å². The van der Waals surface area contributed by atoms with Crippen molar-refractivity contribution in [3.05, 3.63) is 0 Å². The molecule has 0 aromatic heterocycles. The van der Waals surface area contributed by atoms with E-state index in [9.17, 15) is 14.4 Å². The van der Waals surface area contributed by atoms with Crippen LogP contribution in [-0.4, -0.2) is 64.9 Å². The number of rotatable bonds is 7. The molecule has 0 unspecified atom stereocenters. The number of hydrogen-bond donors (Lipinski definition) is 2. The smallest absolute Gasteiger partial charge is 0.325 e. The summed E-state index contributed by atoms with van der Waals surface area (Å²) >= 11 is 0. The fourth-order valence-electron chi connectivity index (χ4n) is 4.61. The van der Waals surface area contributed by atoms with Crippen molar-refractivity contribution >= 4 is 17.8 Å². The van der Waals surface area contributed by atoms with Gasteiger partial charge < -0.3 is 10.6 Å². The zero-order valence-corrected chi connectivity index (χ0v) is 16.8. The van der Waals surface area contributed by atoms with Crippen molar-refractivity contribution in [1.29, 1.82) is 0 Å². The van der Waals surface area contributed by atoms with Crippen LogP contribution in [0.4, 0.5) is 4.79 Å². The van der Waals surface area contributed by atoms with Crippen molar-refractivity contribution in [2.24, 2.45) is 0 Å². The summed E-state index contributed by atoms with van der Waals surface area (Å²) in [4.78, 5) is 40.7. The quantitative estimate of drug-likeness (QED) is 0.664. The lowest BCUT2D eigenvalue weighted by Crippen LogP contribution is -2.53. The second kappa shape index (κ2) is 8.17. The van der Waals surface area contributed by atoms with Crippen LogP contribution in [0.5, 0.6) is 0 Å². The van der Waals surface area contributed by atoms with Crippen LogP contribution < -0.4 is 10.6 Å². The third kappa shape index (κ3) is 4.45. The standard InChI is InChI=1S/C20H34N4O3/c1-19(2,23-12-6-3-7-13-23)15-21-16(25)9-8-14-24-17(26)20(22-18(24)27)10-4-5-11-20/h3-15H2,1-2H3,(H,21,25)(H,22,27). The van der Waals surface area contributed by atoms with Crippen molar-refractivity contribution in [3.8, 4) is 0 Å². The molecule has 2 aliphatic heterocycles. The molecule has 0 bridgehead atoms. The Kier molecular flexibility index (Phi) is 6.08. The molecule has 7 heteroatoms. The number of piperidine rings is 1. The monoisotopic (exact) mass is 378 g/mol. The number of likely N-dealkylation sites (tertiary alicyclic amines) is 1. The third-order valence-electron chi connectivity index (χ3n) is 6.42. The van der Waals surface area contributed by atoms with Crippen molar-refractivity contribution in [3.63, 3.8) is 0 Å². The fourth-order valence-corrected chi connectivity index (χ4v) is 4.61. The lowest BCUT2D eigenvalue weighted by atomic mass is 9.98. The molecule has 1 aliphatic carbocycles. The molecule has 0 aromatic carbocycles. The van der Waals surface area contributed by atoms with E-state index in [0.29, 0.717) is 25.9 Å². The number of hydrogen-bond acceptors (Lipinski definition) is 4. The second-order valence-corrected chi connectivity index (χ2v) is 8.92. The normalized spacial score (nSPS) is 23.1. The zero-order chi connectivity index (χ0) is 19.5. The van der Waals surface area contributed by atoms with Crippen LogP contribution in [0.2, 0.25) is 0 Å². The first-order valence-electron chi connectivity index (χ1n) is 10.5. The van der Waals surface area contributed by atoms with Gasteiger partial charge in [0.05, 0.1) is 0 Å². The van der Waals surface area contributed by atoms with Crippen molar-refractivity contribution in [2.45, 2.75) is 82.7 Å². The Morgan fingerprint density at radius 2 is 1.78 bits per heavy atom. The summed E-state index contributed by atoms with van der Waals surface area (Å²) in [6.07, 6.45) is 8.02. The Labute approximate surface area is 162 Å². The minimum Gasteiger partial charge on any atom is -0.354 e. The van der Waals surface area contributed by atoms with Gasteiger partial charge in [-0.15, -0.1) is 0 Å². The van der Waals surface area contributed by atoms with Gasteiger partial charge in [-0.2, -0.15) is 0 Å². The highest BCUT2D eigenvalue weighted by molar-refractivity contribution is 6.07. The van der Waals surface area contributed by atoms with E-state index in [1.807, 2.05) is 0 Å². The zero-order valence-electron chi connectivity index (χ0n) is 16.8. The van der Waals surface area contributed by atoms with Gasteiger partial charge in [0.1, 0.15) is 5.54 Å². The molecule has 0 aromatic rings. The molecule has 27 heavy (non-hydrogen) atoms. The van der Waals surface area contributed by atoms with Crippen LogP contribution in [0.25, 0.3) is 0 Å². The minimum absolute atomic E-state index is 0.0114. The van der Waals surface area contributed by atoms with Gasteiger partial charge in [0, 0.05) is 25.0 Å². The number of imide groups is 1. The molecular formula is C20H34N4O3. The molecule has 1 spiro atoms. The molecule has 2 heterocycles. The van der Waals surface area contributed by atoms with Gasteiger partial charge in [-0.1, -0.05) is 19.3 Å². The molecule has 2 saturated heterocycles. The van der Waals surface area contributed by atoms with Crippen LogP contribution in [0.15, 0.2) is 0 Å². The highest BCUT2D eigenvalue weighted by Crippen LogP contribution is 2.35. The molecule has 3 rings (SSSR count). The molecule has 152 valence electrons. The molecule has 3 aliphatic rings. The van der Waals surface area contributed by atoms with E-state index in [0.717, 1.165) is 38.8 Å². The maximum Gasteiger partial charge on any atom is 0.325 e. The predicted octanol–water partition coefficient (Wildman–Crippen LogP) is 2.01. The van der Waals surface area contributed by atoms with Gasteiger partial charge in [-0.05, 0) is 59.0 Å². The van der Waals surface area contributed by atoms with E-state index in [1.54, 1.807) is 0 Å². The largest absolute Gasteiger partial charge is 0.354 e. The van der Waals surface area contributed by atoms with Crippen LogP contribution in [-0.2, 0) is 9.59 Å². The van der Waals surface area contributed by atoms with Gasteiger partial charge in [0.15, 0.2) is 0 Å². The highest BCUT2D eigenvalue weighted by atomic mass is 16.2. The summed E-state index contributed by atoms with van der Waals surface area (Å²) in [5, 5.41) is 5.91. The van der Waals surface area contributed by atoms with E-state index in [4.69, 9.17) is 0 Å². The van der Waals surface area contributed by atoms with Gasteiger partial charge >= 0.3 is 6.03 Å². The molecule has 4 amide bonds. The molecule has 7 nitrogen and oxygen atoms in total. The first kappa shape index (κ1) is 20.1. The third-order valence-corrected chi connectivity index (χ3v) is 6.42. The molecule has 0 radical (unpaired) electrons. The van der Waals surface area contributed by atoms with Crippen LogP contribution in [0.1, 0.15) is 71.6 Å². The Bertz CT molecular complexity index is 578. The molecule has 0 atom stereocenters. The Morgan fingerprint density at radius 3 is 2.44 bits per heavy atom. The predicted molar refractivity (Wildman–Crippen MR) is 103 cm³/mol. The first-order chi connectivity index (χ1) is 12.8. The second-order valence-electron chi connectivity index (χ2n) is 8.92. The molecule has 3 fully saturated rings. The summed E-state index contributed by atoms with van der Waals surface area (Å²) < 4.78 is 0. The Balaban J connectivity index is 1.39. The molecule has 1 saturated carbocycles. The van der Waals surface area contributed by atoms with Gasteiger partial charge in [0.25, 0.3) is 5.91 Å². The van der Waals surface area contributed by atoms with Crippen LogP contribution >= 0.6 is 0 Å². The van der Waals surface area contributed by atoms with Crippen LogP contribution in [0.3, 0.4) is 0 Å². The van der Waals surface area contributed by atoms with Crippen molar-refractivity contribution in [1.82, 2.24) is 20.4 Å². The van der Waals surface area contributed by atoms with Gasteiger partial charge in [-0.3, -0.25) is 19.4 Å². The number of amides is 4. The van der Waals surface area contributed by atoms with E-state index in [-0.39, 0.29) is 23.4 Å². The molecule has 2 N–H and O–H groups in total. The first-order valence-corrected chi connectivity index (χ1v) is 10.5. The lowest BCUT2D eigenvalue weighted by Gasteiger charge is -2.41. The lowest BCUT2D eigenvalue weighted by molar-refractivity contribution is -0.131. The average Bonchev–Trinajstić information content (AvgIpc) is 3.21. The fraction of sp³-hybridized carbons (Fsp3) is 0.850. The summed E-state index contributed by atoms with van der Waals surface area (Å²) in [5.74, 6) is -0.112. The van der Waals surface area contributed by atoms with Crippen molar-refractivity contribution in [2.75, 3.05) is 26.2 Å². The topological polar surface area (TPSA) is 81.8 Å². The maximum absolute atomic E-state index is 12.6. The van der Waals surface area contributed by atoms with E-state index >= 15 is 0 Å². The van der Waals surface area contributed by atoms with E-state index in [2.05, 4.69) is 29.4 Å². The average molecular weight is 379 g/mol. The van der Waals surface area contributed by atoms with Crippen LogP contribution in [0, 0.1) is 0 Å². The summed E-state index contributed by atoms with van der Waals surface area (Å²) in [5.41, 5.74) is -0.701. The van der Waals surface area contributed by atoms with Crippen molar-refractivity contribution < 1.29 is 14.4 Å². The minimum atomic E-state index is -0.655. The highest BCUT2D eigenvalue weighted by Gasteiger charge is 2.52. The number of carbonyl (C=O) groups is 3. The number of carbonyl (C=O) groups excluding carboxylic acids is 3. The summed E-state index contributed by atoms with van der Waals surface area (Å²) in [6, 6.07) is -0.298. The van der Waals surface area contributed by atoms with E-state index in [1.165, 1.54) is 24.2 Å². The Morgan fingerprint density at radius 1 is 1.11 bits per heavy atom. The SMILES string of the molecule is CC(C)(CNC(=O)CCCN1C(=O)NC2(CCCC2)C1=O)N1CCCCC1. The number of urea groups is 1.